The second-order valence-electron chi connectivity index (χ2n) is 4.59. The van der Waals surface area contributed by atoms with E-state index in [4.69, 9.17) is 5.26 Å². The zero-order chi connectivity index (χ0) is 15.6. The predicted molar refractivity (Wildman–Crippen MR) is 76.6 cm³/mol. The van der Waals surface area contributed by atoms with E-state index in [-0.39, 0.29) is 17.0 Å². The third-order valence-electron chi connectivity index (χ3n) is 3.27. The first-order valence-corrected chi connectivity index (χ1v) is 6.44. The van der Waals surface area contributed by atoms with Crippen molar-refractivity contribution >= 4 is 11.4 Å². The topological polar surface area (TPSA) is 47.3 Å². The van der Waals surface area contributed by atoms with E-state index >= 15 is 0 Å². The molecule has 0 aromatic heterocycles. The lowest BCUT2D eigenvalue weighted by atomic mass is 10.1. The molecule has 2 aromatic carbocycles. The minimum atomic E-state index is -1.16. The Morgan fingerprint density at radius 2 is 1.86 bits per heavy atom. The summed E-state index contributed by atoms with van der Waals surface area (Å²) in [7, 11) is 0. The van der Waals surface area contributed by atoms with Gasteiger partial charge in [-0.05, 0) is 37.6 Å². The molecule has 0 aliphatic carbocycles. The van der Waals surface area contributed by atoms with Gasteiger partial charge in [-0.1, -0.05) is 6.07 Å². The number of nitrogens with zero attached hydrogens (tertiary/aromatic N) is 2. The molecule has 21 heavy (non-hydrogen) atoms. The maximum atomic E-state index is 14.2. The number of hydrogen-bond acceptors (Lipinski definition) is 3. The Morgan fingerprint density at radius 1 is 1.14 bits per heavy atom. The maximum absolute atomic E-state index is 14.2. The molecule has 0 radical (unpaired) electrons. The van der Waals surface area contributed by atoms with E-state index in [1.807, 2.05) is 6.92 Å². The van der Waals surface area contributed by atoms with Gasteiger partial charge in [0.05, 0.1) is 11.3 Å². The number of benzene rings is 2. The zero-order valence-corrected chi connectivity index (χ0v) is 11.7. The van der Waals surface area contributed by atoms with Gasteiger partial charge in [-0.15, -0.1) is 0 Å². The van der Waals surface area contributed by atoms with E-state index in [2.05, 4.69) is 0 Å². The van der Waals surface area contributed by atoms with E-state index in [1.165, 1.54) is 24.3 Å². The Bertz CT molecular complexity index is 723. The molecular formula is C16H14F2N2O. The van der Waals surface area contributed by atoms with E-state index in [9.17, 15) is 13.9 Å². The van der Waals surface area contributed by atoms with Crippen molar-refractivity contribution < 1.29 is 13.9 Å². The van der Waals surface area contributed by atoms with E-state index in [0.29, 0.717) is 12.2 Å². The lowest BCUT2D eigenvalue weighted by Gasteiger charge is -2.26. The van der Waals surface area contributed by atoms with Crippen LogP contribution in [0.2, 0.25) is 0 Å². The van der Waals surface area contributed by atoms with Crippen molar-refractivity contribution in [2.24, 2.45) is 0 Å². The Hall–Kier alpha value is -2.61. The highest BCUT2D eigenvalue weighted by Gasteiger charge is 2.19. The average molecular weight is 288 g/mol. The van der Waals surface area contributed by atoms with Crippen molar-refractivity contribution in [2.45, 2.75) is 13.8 Å². The number of phenolic OH excluding ortho intramolecular Hbond substituents is 1. The van der Waals surface area contributed by atoms with Gasteiger partial charge in [0.2, 0.25) is 0 Å². The van der Waals surface area contributed by atoms with Crippen LogP contribution >= 0.6 is 0 Å². The highest BCUT2D eigenvalue weighted by molar-refractivity contribution is 5.68. The highest BCUT2D eigenvalue weighted by Crippen LogP contribution is 2.33. The monoisotopic (exact) mass is 288 g/mol. The number of hydrogen-bond donors (Lipinski definition) is 1. The van der Waals surface area contributed by atoms with Crippen molar-refractivity contribution in [3.63, 3.8) is 0 Å². The van der Waals surface area contributed by atoms with Gasteiger partial charge in [0, 0.05) is 18.3 Å². The summed E-state index contributed by atoms with van der Waals surface area (Å²) in [6.07, 6.45) is 0. The van der Waals surface area contributed by atoms with Crippen LogP contribution in [0.15, 0.2) is 30.3 Å². The molecule has 2 rings (SSSR count). The maximum Gasteiger partial charge on any atom is 0.183 e. The number of rotatable bonds is 3. The summed E-state index contributed by atoms with van der Waals surface area (Å²) in [5.74, 6) is -2.19. The van der Waals surface area contributed by atoms with Gasteiger partial charge >= 0.3 is 0 Å². The van der Waals surface area contributed by atoms with E-state index in [0.717, 1.165) is 5.56 Å². The van der Waals surface area contributed by atoms with Gasteiger partial charge in [0.15, 0.2) is 11.6 Å². The fourth-order valence-corrected chi connectivity index (χ4v) is 2.19. The molecule has 3 nitrogen and oxygen atoms in total. The molecule has 0 amide bonds. The molecule has 0 saturated heterocycles. The summed E-state index contributed by atoms with van der Waals surface area (Å²) in [6, 6.07) is 8.94. The first-order chi connectivity index (χ1) is 9.99. The molecule has 2 aromatic rings. The molecule has 0 atom stereocenters. The molecule has 0 unspecified atom stereocenters. The number of phenols is 1. The fraction of sp³-hybridized carbons (Fsp3) is 0.188. The Kier molecular flexibility index (Phi) is 4.08. The molecule has 0 aliphatic rings. The third-order valence-corrected chi connectivity index (χ3v) is 3.27. The first-order valence-electron chi connectivity index (χ1n) is 6.44. The number of halogens is 2. The fourth-order valence-electron chi connectivity index (χ4n) is 2.19. The molecule has 0 fully saturated rings. The molecule has 0 aliphatic heterocycles. The molecular weight excluding hydrogens is 274 g/mol. The quantitative estimate of drug-likeness (QED) is 0.928. The van der Waals surface area contributed by atoms with Crippen molar-refractivity contribution in [1.82, 2.24) is 0 Å². The summed E-state index contributed by atoms with van der Waals surface area (Å²) in [4.78, 5) is 1.55. The Morgan fingerprint density at radius 3 is 2.48 bits per heavy atom. The van der Waals surface area contributed by atoms with Crippen LogP contribution in [0, 0.1) is 29.9 Å². The minimum Gasteiger partial charge on any atom is -0.508 e. The lowest BCUT2D eigenvalue weighted by molar-refractivity contribution is 0.475. The van der Waals surface area contributed by atoms with Gasteiger partial charge in [-0.3, -0.25) is 0 Å². The number of anilines is 2. The molecule has 5 heteroatoms. The number of aromatic hydroxyl groups is 1. The minimum absolute atomic E-state index is 0.0303. The van der Waals surface area contributed by atoms with Gasteiger partial charge in [0.1, 0.15) is 11.8 Å². The number of aryl methyl sites for hydroxylation is 1. The largest absolute Gasteiger partial charge is 0.508 e. The molecule has 0 heterocycles. The van der Waals surface area contributed by atoms with Crippen molar-refractivity contribution in [3.05, 3.63) is 53.1 Å². The van der Waals surface area contributed by atoms with Crippen LogP contribution in [-0.2, 0) is 0 Å². The molecule has 0 saturated carbocycles. The normalized spacial score (nSPS) is 10.2. The van der Waals surface area contributed by atoms with Crippen LogP contribution in [0.5, 0.6) is 5.75 Å². The van der Waals surface area contributed by atoms with Gasteiger partial charge in [0.25, 0.3) is 0 Å². The predicted octanol–water partition coefficient (Wildman–Crippen LogP) is 4.01. The van der Waals surface area contributed by atoms with Gasteiger partial charge < -0.3 is 10.0 Å². The summed E-state index contributed by atoms with van der Waals surface area (Å²) in [6.45, 7) is 3.99. The SMILES string of the molecule is CCN(c1cc(O)ccc1C)c1ccc(C#N)c(F)c1F. The second-order valence-corrected chi connectivity index (χ2v) is 4.59. The molecule has 1 N–H and O–H groups in total. The van der Waals surface area contributed by atoms with Crippen LogP contribution in [0.3, 0.4) is 0 Å². The van der Waals surface area contributed by atoms with Crippen molar-refractivity contribution in [2.75, 3.05) is 11.4 Å². The van der Waals surface area contributed by atoms with E-state index in [1.54, 1.807) is 24.0 Å². The number of nitriles is 1. The smallest absolute Gasteiger partial charge is 0.183 e. The van der Waals surface area contributed by atoms with Gasteiger partial charge in [-0.25, -0.2) is 8.78 Å². The van der Waals surface area contributed by atoms with Crippen LogP contribution in [0.25, 0.3) is 0 Å². The highest BCUT2D eigenvalue weighted by atomic mass is 19.2. The lowest BCUT2D eigenvalue weighted by Crippen LogP contribution is -2.19. The van der Waals surface area contributed by atoms with Gasteiger partial charge in [-0.2, -0.15) is 5.26 Å². The Labute approximate surface area is 121 Å². The van der Waals surface area contributed by atoms with E-state index < -0.39 is 11.6 Å². The zero-order valence-electron chi connectivity index (χ0n) is 11.7. The summed E-state index contributed by atoms with van der Waals surface area (Å²) in [5.41, 5.74) is 1.10. The molecule has 0 bridgehead atoms. The first kappa shape index (κ1) is 14.8. The molecule has 0 spiro atoms. The third kappa shape index (κ3) is 2.65. The second kappa shape index (κ2) is 5.80. The average Bonchev–Trinajstić information content (AvgIpc) is 2.48. The van der Waals surface area contributed by atoms with Crippen molar-refractivity contribution in [1.29, 1.82) is 5.26 Å². The standard InChI is InChI=1S/C16H14F2N2O/c1-3-20(14-8-12(21)6-4-10(14)2)13-7-5-11(9-19)15(17)16(13)18/h4-8,21H,3H2,1-2H3. The van der Waals surface area contributed by atoms with Crippen LogP contribution < -0.4 is 4.90 Å². The molecule has 108 valence electrons. The summed E-state index contributed by atoms with van der Waals surface area (Å²) >= 11 is 0. The van der Waals surface area contributed by atoms with Crippen LogP contribution in [0.1, 0.15) is 18.1 Å². The van der Waals surface area contributed by atoms with Crippen LogP contribution in [-0.4, -0.2) is 11.7 Å². The van der Waals surface area contributed by atoms with Crippen LogP contribution in [0.4, 0.5) is 20.2 Å². The Balaban J connectivity index is 2.60. The summed E-state index contributed by atoms with van der Waals surface area (Å²) in [5, 5.41) is 18.3. The summed E-state index contributed by atoms with van der Waals surface area (Å²) < 4.78 is 28.0. The van der Waals surface area contributed by atoms with Crippen molar-refractivity contribution in [3.8, 4) is 11.8 Å².